The van der Waals surface area contributed by atoms with Crippen LogP contribution in [0.5, 0.6) is 0 Å². The first-order valence-corrected chi connectivity index (χ1v) is 6.47. The van der Waals surface area contributed by atoms with Crippen molar-refractivity contribution in [2.75, 3.05) is 17.7 Å². The summed E-state index contributed by atoms with van der Waals surface area (Å²) in [6.07, 6.45) is 2.38. The van der Waals surface area contributed by atoms with Gasteiger partial charge in [0.05, 0.1) is 24.0 Å². The van der Waals surface area contributed by atoms with Crippen molar-refractivity contribution in [2.45, 2.75) is 19.4 Å². The molecule has 20 heavy (non-hydrogen) atoms. The molecule has 2 rings (SSSR count). The predicted molar refractivity (Wildman–Crippen MR) is 79.5 cm³/mol. The minimum Gasteiger partial charge on any atom is -0.394 e. The molecule has 0 aliphatic carbocycles. The highest BCUT2D eigenvalue weighted by Crippen LogP contribution is 2.19. The number of nitrogens with zero attached hydrogens (tertiary/aromatic N) is 1. The van der Waals surface area contributed by atoms with E-state index in [1.165, 1.54) is 0 Å². The fourth-order valence-electron chi connectivity index (χ4n) is 1.81. The molecular formula is C14H18N4O2. The number of aromatic nitrogens is 2. The molecule has 0 aromatic carbocycles. The molecule has 1 atom stereocenters. The van der Waals surface area contributed by atoms with Gasteiger partial charge < -0.3 is 21.1 Å². The van der Waals surface area contributed by atoms with Gasteiger partial charge in [0.25, 0.3) is 5.56 Å². The van der Waals surface area contributed by atoms with Crippen molar-refractivity contribution in [3.05, 3.63) is 40.8 Å². The number of hydrogen-bond donors (Lipinski definition) is 4. The number of aromatic amines is 1. The van der Waals surface area contributed by atoms with Crippen molar-refractivity contribution in [2.24, 2.45) is 0 Å². The van der Waals surface area contributed by atoms with Crippen molar-refractivity contribution in [1.29, 1.82) is 0 Å². The molecule has 0 bridgehead atoms. The maximum absolute atomic E-state index is 11.3. The first kappa shape index (κ1) is 14.1. The summed E-state index contributed by atoms with van der Waals surface area (Å²) in [6, 6.07) is 7.08. The Morgan fingerprint density at radius 1 is 1.50 bits per heavy atom. The Balaban J connectivity index is 2.29. The highest BCUT2D eigenvalue weighted by molar-refractivity contribution is 5.63. The molecule has 0 radical (unpaired) electrons. The number of aliphatic hydroxyl groups excluding tert-OH is 1. The molecule has 0 spiro atoms. The summed E-state index contributed by atoms with van der Waals surface area (Å²) in [6.45, 7) is 2.04. The molecule has 6 nitrogen and oxygen atoms in total. The zero-order valence-corrected chi connectivity index (χ0v) is 11.3. The summed E-state index contributed by atoms with van der Waals surface area (Å²) >= 11 is 0. The second-order valence-corrected chi connectivity index (χ2v) is 4.51. The third-order valence-corrected chi connectivity index (χ3v) is 3.04. The number of rotatable bonds is 5. The van der Waals surface area contributed by atoms with E-state index in [4.69, 9.17) is 5.73 Å². The minimum absolute atomic E-state index is 0.0293. The highest BCUT2D eigenvalue weighted by atomic mass is 16.3. The van der Waals surface area contributed by atoms with Gasteiger partial charge in [-0.2, -0.15) is 0 Å². The van der Waals surface area contributed by atoms with E-state index in [1.807, 2.05) is 25.1 Å². The van der Waals surface area contributed by atoms with E-state index < -0.39 is 0 Å². The maximum Gasteiger partial charge on any atom is 0.271 e. The van der Waals surface area contributed by atoms with E-state index in [0.717, 1.165) is 12.0 Å². The van der Waals surface area contributed by atoms with Crippen LogP contribution in [-0.2, 0) is 0 Å². The van der Waals surface area contributed by atoms with E-state index in [-0.39, 0.29) is 23.9 Å². The molecule has 2 heterocycles. The lowest BCUT2D eigenvalue weighted by atomic mass is 10.2. The SMILES string of the molecule is CC[C@@H](CO)Nc1cccc(-c2c[nH]c(=O)c(N)c2)n1. The number of aliphatic hydroxyl groups is 1. The first-order valence-electron chi connectivity index (χ1n) is 6.47. The smallest absolute Gasteiger partial charge is 0.271 e. The molecule has 106 valence electrons. The van der Waals surface area contributed by atoms with Crippen LogP contribution in [0.15, 0.2) is 35.3 Å². The first-order chi connectivity index (χ1) is 9.63. The standard InChI is InChI=1S/C14H18N4O2/c1-2-10(8-19)17-13-5-3-4-12(18-13)9-6-11(15)14(20)16-7-9/h3-7,10,19H,2,8,15H2,1H3,(H,16,20)(H,17,18)/t10-/m0/s1. The van der Waals surface area contributed by atoms with Gasteiger partial charge in [0, 0.05) is 11.8 Å². The molecule has 0 amide bonds. The summed E-state index contributed by atoms with van der Waals surface area (Å²) in [5.41, 5.74) is 6.88. The lowest BCUT2D eigenvalue weighted by Crippen LogP contribution is -2.23. The summed E-state index contributed by atoms with van der Waals surface area (Å²) in [7, 11) is 0. The molecule has 0 aliphatic heterocycles. The Hall–Kier alpha value is -2.34. The second-order valence-electron chi connectivity index (χ2n) is 4.51. The Morgan fingerprint density at radius 3 is 2.95 bits per heavy atom. The van der Waals surface area contributed by atoms with Crippen LogP contribution in [0.4, 0.5) is 11.5 Å². The van der Waals surface area contributed by atoms with E-state index in [2.05, 4.69) is 15.3 Å². The Kier molecular flexibility index (Phi) is 4.37. The van der Waals surface area contributed by atoms with Gasteiger partial charge in [-0.3, -0.25) is 4.79 Å². The second kappa shape index (κ2) is 6.21. The number of H-pyrrole nitrogens is 1. The third kappa shape index (κ3) is 3.16. The van der Waals surface area contributed by atoms with Crippen LogP contribution in [0.2, 0.25) is 0 Å². The van der Waals surface area contributed by atoms with Crippen LogP contribution in [0.3, 0.4) is 0 Å². The molecule has 5 N–H and O–H groups in total. The lowest BCUT2D eigenvalue weighted by Gasteiger charge is -2.15. The molecule has 0 saturated heterocycles. The number of pyridine rings is 2. The molecule has 2 aromatic rings. The number of hydrogen-bond acceptors (Lipinski definition) is 5. The van der Waals surface area contributed by atoms with Crippen molar-refractivity contribution in [1.82, 2.24) is 9.97 Å². The topological polar surface area (TPSA) is 104 Å². The van der Waals surface area contributed by atoms with Gasteiger partial charge >= 0.3 is 0 Å². The normalized spacial score (nSPS) is 12.1. The average molecular weight is 274 g/mol. The summed E-state index contributed by atoms with van der Waals surface area (Å²) < 4.78 is 0. The molecule has 0 saturated carbocycles. The number of nitrogen functional groups attached to an aromatic ring is 1. The van der Waals surface area contributed by atoms with Crippen LogP contribution in [-0.4, -0.2) is 27.7 Å². The number of nitrogens with one attached hydrogen (secondary N) is 2. The van der Waals surface area contributed by atoms with Gasteiger partial charge in [-0.15, -0.1) is 0 Å². The summed E-state index contributed by atoms with van der Waals surface area (Å²) in [5.74, 6) is 0.674. The maximum atomic E-state index is 11.3. The largest absolute Gasteiger partial charge is 0.394 e. The van der Waals surface area contributed by atoms with Crippen molar-refractivity contribution in [3.8, 4) is 11.3 Å². The molecule has 2 aromatic heterocycles. The van der Waals surface area contributed by atoms with Crippen LogP contribution >= 0.6 is 0 Å². The predicted octanol–water partition coefficient (Wildman–Crippen LogP) is 1.20. The Morgan fingerprint density at radius 2 is 2.30 bits per heavy atom. The fourth-order valence-corrected chi connectivity index (χ4v) is 1.81. The van der Waals surface area contributed by atoms with Crippen molar-refractivity contribution >= 4 is 11.5 Å². The summed E-state index contributed by atoms with van der Waals surface area (Å²) in [5, 5.41) is 12.3. The van der Waals surface area contributed by atoms with Crippen LogP contribution in [0, 0.1) is 0 Å². The Labute approximate surface area is 116 Å². The van der Waals surface area contributed by atoms with E-state index in [1.54, 1.807) is 12.3 Å². The molecular weight excluding hydrogens is 256 g/mol. The zero-order chi connectivity index (χ0) is 14.5. The summed E-state index contributed by atoms with van der Waals surface area (Å²) in [4.78, 5) is 18.3. The average Bonchev–Trinajstić information content (AvgIpc) is 2.48. The Bertz CT molecular complexity index is 635. The van der Waals surface area contributed by atoms with E-state index in [9.17, 15) is 9.90 Å². The van der Waals surface area contributed by atoms with Crippen LogP contribution < -0.4 is 16.6 Å². The molecule has 6 heteroatoms. The third-order valence-electron chi connectivity index (χ3n) is 3.04. The fraction of sp³-hybridized carbons (Fsp3) is 0.286. The van der Waals surface area contributed by atoms with Gasteiger partial charge in [0.1, 0.15) is 5.82 Å². The number of anilines is 2. The lowest BCUT2D eigenvalue weighted by molar-refractivity contribution is 0.271. The van der Waals surface area contributed by atoms with E-state index in [0.29, 0.717) is 11.5 Å². The quantitative estimate of drug-likeness (QED) is 0.656. The zero-order valence-electron chi connectivity index (χ0n) is 11.3. The van der Waals surface area contributed by atoms with Crippen LogP contribution in [0.25, 0.3) is 11.3 Å². The monoisotopic (exact) mass is 274 g/mol. The van der Waals surface area contributed by atoms with Gasteiger partial charge in [-0.25, -0.2) is 4.98 Å². The molecule has 0 unspecified atom stereocenters. The molecule has 0 fully saturated rings. The highest BCUT2D eigenvalue weighted by Gasteiger charge is 2.07. The van der Waals surface area contributed by atoms with Crippen LogP contribution in [0.1, 0.15) is 13.3 Å². The molecule has 0 aliphatic rings. The van der Waals surface area contributed by atoms with Crippen molar-refractivity contribution < 1.29 is 5.11 Å². The van der Waals surface area contributed by atoms with Gasteiger partial charge in [-0.1, -0.05) is 13.0 Å². The van der Waals surface area contributed by atoms with Crippen molar-refractivity contribution in [3.63, 3.8) is 0 Å². The van der Waals surface area contributed by atoms with Gasteiger partial charge in [0.15, 0.2) is 0 Å². The van der Waals surface area contributed by atoms with Gasteiger partial charge in [-0.05, 0) is 24.6 Å². The number of nitrogens with two attached hydrogens (primary N) is 1. The minimum atomic E-state index is -0.311. The van der Waals surface area contributed by atoms with Gasteiger partial charge in [0.2, 0.25) is 0 Å². The van der Waals surface area contributed by atoms with E-state index >= 15 is 0 Å².